The minimum Gasteiger partial charge on any atom is -0.0750 e. The Morgan fingerprint density at radius 3 is 1.00 bits per heavy atom. The second-order valence-electron chi connectivity index (χ2n) is 2.47. The van der Waals surface area contributed by atoms with Crippen molar-refractivity contribution in [2.75, 3.05) is 0 Å². The van der Waals surface area contributed by atoms with Crippen molar-refractivity contribution in [1.29, 1.82) is 0 Å². The SMILES string of the molecule is C1CCCC1.C[SiH2]C. The van der Waals surface area contributed by atoms with Crippen LogP contribution in [0, 0.1) is 0 Å². The van der Waals surface area contributed by atoms with Gasteiger partial charge in [-0.05, 0) is 0 Å². The lowest BCUT2D eigenvalue weighted by Crippen LogP contribution is -1.53. The smallest absolute Gasteiger partial charge is 0.0135 e. The van der Waals surface area contributed by atoms with Gasteiger partial charge in [0.1, 0.15) is 0 Å². The third-order valence-electron chi connectivity index (χ3n) is 1.25. The Morgan fingerprint density at radius 2 is 0.875 bits per heavy atom. The molecule has 0 bridgehead atoms. The first-order chi connectivity index (χ1) is 3.91. The van der Waals surface area contributed by atoms with Crippen LogP contribution < -0.4 is 0 Å². The van der Waals surface area contributed by atoms with Gasteiger partial charge in [0, 0.05) is 9.52 Å². The van der Waals surface area contributed by atoms with Crippen molar-refractivity contribution in [3.63, 3.8) is 0 Å². The number of rotatable bonds is 0. The molecular weight excluding hydrogens is 112 g/mol. The second-order valence-corrected chi connectivity index (χ2v) is 3.89. The zero-order chi connectivity index (χ0) is 6.24. The predicted octanol–water partition coefficient (Wildman–Crippen LogP) is 2.20. The van der Waals surface area contributed by atoms with Crippen LogP contribution in [0.1, 0.15) is 32.1 Å². The molecule has 0 amide bonds. The Bertz CT molecular complexity index is 23.8. The zero-order valence-electron chi connectivity index (χ0n) is 6.24. The fourth-order valence-electron chi connectivity index (χ4n) is 0.884. The zero-order valence-corrected chi connectivity index (χ0v) is 7.66. The molecule has 1 aliphatic rings. The Kier molecular flexibility index (Phi) is 7.41. The second kappa shape index (κ2) is 7.22. The van der Waals surface area contributed by atoms with Gasteiger partial charge in [-0.2, -0.15) is 0 Å². The van der Waals surface area contributed by atoms with E-state index in [9.17, 15) is 0 Å². The maximum atomic E-state index is 2.26. The van der Waals surface area contributed by atoms with Crippen LogP contribution in [-0.2, 0) is 0 Å². The monoisotopic (exact) mass is 130 g/mol. The first-order valence-corrected chi connectivity index (χ1v) is 6.74. The molecular formula is C7H18Si. The van der Waals surface area contributed by atoms with Gasteiger partial charge < -0.3 is 0 Å². The van der Waals surface area contributed by atoms with Gasteiger partial charge in [-0.3, -0.25) is 0 Å². The maximum Gasteiger partial charge on any atom is 0.0135 e. The highest BCUT2D eigenvalue weighted by Crippen LogP contribution is 2.15. The topological polar surface area (TPSA) is 0 Å². The highest BCUT2D eigenvalue weighted by molar-refractivity contribution is 6.31. The third kappa shape index (κ3) is 6.22. The summed E-state index contributed by atoms with van der Waals surface area (Å²) in [7, 11) is 0.417. The summed E-state index contributed by atoms with van der Waals surface area (Å²) in [5.74, 6) is 0. The van der Waals surface area contributed by atoms with Crippen LogP contribution in [0.3, 0.4) is 0 Å². The van der Waals surface area contributed by atoms with Crippen molar-refractivity contribution in [3.05, 3.63) is 0 Å². The molecule has 0 atom stereocenters. The maximum absolute atomic E-state index is 2.26. The van der Waals surface area contributed by atoms with E-state index in [0.717, 1.165) is 0 Å². The summed E-state index contributed by atoms with van der Waals surface area (Å²) in [6, 6.07) is 0. The van der Waals surface area contributed by atoms with E-state index in [1.165, 1.54) is 32.1 Å². The van der Waals surface area contributed by atoms with Gasteiger partial charge >= 0.3 is 0 Å². The van der Waals surface area contributed by atoms with Crippen molar-refractivity contribution in [2.24, 2.45) is 0 Å². The minimum atomic E-state index is 0.417. The molecule has 0 aromatic heterocycles. The summed E-state index contributed by atoms with van der Waals surface area (Å²) < 4.78 is 0. The van der Waals surface area contributed by atoms with Crippen LogP contribution in [0.5, 0.6) is 0 Å². The molecule has 8 heavy (non-hydrogen) atoms. The predicted molar refractivity (Wildman–Crippen MR) is 43.4 cm³/mol. The molecule has 0 N–H and O–H groups in total. The molecule has 0 spiro atoms. The Labute approximate surface area is 55.5 Å². The highest BCUT2D eigenvalue weighted by atomic mass is 28.2. The van der Waals surface area contributed by atoms with Crippen molar-refractivity contribution >= 4 is 9.52 Å². The normalized spacial score (nSPS) is 17.2. The summed E-state index contributed by atoms with van der Waals surface area (Å²) in [6.45, 7) is 4.53. The van der Waals surface area contributed by atoms with E-state index in [1.54, 1.807) is 0 Å². The molecule has 1 fully saturated rings. The number of hydrogen-bond donors (Lipinski definition) is 0. The quantitative estimate of drug-likeness (QED) is 0.441. The van der Waals surface area contributed by atoms with E-state index in [0.29, 0.717) is 9.52 Å². The molecule has 50 valence electrons. The lowest BCUT2D eigenvalue weighted by Gasteiger charge is -1.67. The van der Waals surface area contributed by atoms with Crippen molar-refractivity contribution in [2.45, 2.75) is 45.2 Å². The standard InChI is InChI=1S/C5H10.C2H8Si/c1-2-4-5-3-1;1-3-2/h1-5H2;3H2,1-2H3. The van der Waals surface area contributed by atoms with Crippen LogP contribution in [0.15, 0.2) is 0 Å². The van der Waals surface area contributed by atoms with Gasteiger partial charge in [0.2, 0.25) is 0 Å². The fourth-order valence-corrected chi connectivity index (χ4v) is 0.884. The van der Waals surface area contributed by atoms with E-state index in [1.807, 2.05) is 0 Å². The van der Waals surface area contributed by atoms with Gasteiger partial charge in [-0.1, -0.05) is 45.2 Å². The van der Waals surface area contributed by atoms with Crippen molar-refractivity contribution in [1.82, 2.24) is 0 Å². The largest absolute Gasteiger partial charge is 0.0750 e. The van der Waals surface area contributed by atoms with Gasteiger partial charge in [-0.15, -0.1) is 0 Å². The molecule has 1 aliphatic carbocycles. The lowest BCUT2D eigenvalue weighted by atomic mass is 10.4. The first kappa shape index (κ1) is 8.22. The lowest BCUT2D eigenvalue weighted by molar-refractivity contribution is 0.886. The van der Waals surface area contributed by atoms with Crippen LogP contribution in [0.4, 0.5) is 0 Å². The van der Waals surface area contributed by atoms with Crippen LogP contribution in [-0.4, -0.2) is 9.52 Å². The average molecular weight is 130 g/mol. The average Bonchev–Trinajstić information content (AvgIpc) is 2.17. The molecule has 0 saturated heterocycles. The fraction of sp³-hybridized carbons (Fsp3) is 1.00. The third-order valence-corrected chi connectivity index (χ3v) is 1.25. The summed E-state index contributed by atoms with van der Waals surface area (Å²) in [6.07, 6.45) is 7.50. The molecule has 0 unspecified atom stereocenters. The van der Waals surface area contributed by atoms with E-state index in [-0.39, 0.29) is 0 Å². The summed E-state index contributed by atoms with van der Waals surface area (Å²) in [5, 5.41) is 0. The summed E-state index contributed by atoms with van der Waals surface area (Å²) >= 11 is 0. The van der Waals surface area contributed by atoms with E-state index >= 15 is 0 Å². The summed E-state index contributed by atoms with van der Waals surface area (Å²) in [5.41, 5.74) is 0. The van der Waals surface area contributed by atoms with E-state index < -0.39 is 0 Å². The molecule has 1 saturated carbocycles. The van der Waals surface area contributed by atoms with E-state index in [2.05, 4.69) is 13.1 Å². The number of hydrogen-bond acceptors (Lipinski definition) is 0. The Balaban J connectivity index is 0.000000145. The van der Waals surface area contributed by atoms with Crippen LogP contribution >= 0.6 is 0 Å². The molecule has 0 aromatic rings. The molecule has 0 aromatic carbocycles. The molecule has 0 nitrogen and oxygen atoms in total. The molecule has 1 heteroatoms. The van der Waals surface area contributed by atoms with Crippen LogP contribution in [0.25, 0.3) is 0 Å². The van der Waals surface area contributed by atoms with Gasteiger partial charge in [0.15, 0.2) is 0 Å². The summed E-state index contributed by atoms with van der Waals surface area (Å²) in [4.78, 5) is 0. The van der Waals surface area contributed by atoms with Gasteiger partial charge in [-0.25, -0.2) is 0 Å². The van der Waals surface area contributed by atoms with Crippen LogP contribution in [0.2, 0.25) is 13.1 Å². The molecule has 0 heterocycles. The van der Waals surface area contributed by atoms with Crippen molar-refractivity contribution in [3.8, 4) is 0 Å². The first-order valence-electron chi connectivity index (χ1n) is 3.91. The molecule has 1 rings (SSSR count). The van der Waals surface area contributed by atoms with E-state index in [4.69, 9.17) is 0 Å². The minimum absolute atomic E-state index is 0.417. The van der Waals surface area contributed by atoms with Gasteiger partial charge in [0.05, 0.1) is 0 Å². The van der Waals surface area contributed by atoms with Gasteiger partial charge in [0.25, 0.3) is 0 Å². The Hall–Kier alpha value is 0.217. The highest BCUT2D eigenvalue weighted by Gasteiger charge is 1.95. The molecule has 0 radical (unpaired) electrons. The van der Waals surface area contributed by atoms with Crippen molar-refractivity contribution < 1.29 is 0 Å². The Morgan fingerprint density at radius 1 is 0.750 bits per heavy atom. The molecule has 0 aliphatic heterocycles.